The number of rotatable bonds is 4. The minimum atomic E-state index is -0.424. The maximum absolute atomic E-state index is 13.7. The van der Waals surface area contributed by atoms with Crippen molar-refractivity contribution >= 4 is 33.0 Å². The van der Waals surface area contributed by atoms with Gasteiger partial charge in [0.1, 0.15) is 10.7 Å². The molecule has 21 heavy (non-hydrogen) atoms. The van der Waals surface area contributed by atoms with Gasteiger partial charge in [-0.1, -0.05) is 11.2 Å². The molecule has 0 saturated heterocycles. The molecule has 6 nitrogen and oxygen atoms in total. The van der Waals surface area contributed by atoms with E-state index in [9.17, 15) is 9.18 Å². The number of carbonyl (C=O) groups excluding carboxylic acids is 1. The minimum absolute atomic E-state index is 0.171. The summed E-state index contributed by atoms with van der Waals surface area (Å²) in [6.45, 7) is 0.342. The number of hydrogen-bond donors (Lipinski definition) is 2. The van der Waals surface area contributed by atoms with E-state index in [2.05, 4.69) is 20.0 Å². The molecule has 2 aromatic heterocycles. The van der Waals surface area contributed by atoms with Gasteiger partial charge in [-0.2, -0.15) is 4.98 Å². The lowest BCUT2D eigenvalue weighted by atomic mass is 10.2. The first-order valence-electron chi connectivity index (χ1n) is 6.16. The molecule has 3 N–H and O–H groups in total. The number of carbonyl (C=O) groups is 1. The highest BCUT2D eigenvalue weighted by molar-refractivity contribution is 7.21. The van der Waals surface area contributed by atoms with E-state index in [1.54, 1.807) is 12.1 Å². The van der Waals surface area contributed by atoms with E-state index in [1.165, 1.54) is 23.8 Å². The van der Waals surface area contributed by atoms with Crippen LogP contribution in [0.1, 0.15) is 15.5 Å². The number of nitrogens with two attached hydrogens (primary N) is 1. The Balaban J connectivity index is 1.75. The van der Waals surface area contributed by atoms with E-state index >= 15 is 0 Å². The normalized spacial score (nSPS) is 10.9. The highest BCUT2D eigenvalue weighted by Crippen LogP contribution is 2.35. The summed E-state index contributed by atoms with van der Waals surface area (Å²) in [4.78, 5) is 16.3. The Morgan fingerprint density at radius 1 is 1.48 bits per heavy atom. The zero-order chi connectivity index (χ0) is 14.8. The molecule has 2 heterocycles. The van der Waals surface area contributed by atoms with Crippen molar-refractivity contribution in [3.63, 3.8) is 0 Å². The summed E-state index contributed by atoms with van der Waals surface area (Å²) in [6.07, 6.45) is 1.67. The monoisotopic (exact) mass is 306 g/mol. The van der Waals surface area contributed by atoms with Crippen LogP contribution in [-0.2, 0) is 6.42 Å². The molecule has 0 atom stereocenters. The van der Waals surface area contributed by atoms with Gasteiger partial charge >= 0.3 is 0 Å². The van der Waals surface area contributed by atoms with Crippen molar-refractivity contribution in [2.24, 2.45) is 0 Å². The molecule has 0 unspecified atom stereocenters. The number of thiophene rings is 1. The van der Waals surface area contributed by atoms with E-state index < -0.39 is 5.82 Å². The molecule has 3 aromatic rings. The number of hydrogen-bond acceptors (Lipinski definition) is 6. The molecule has 108 valence electrons. The Labute approximate surface area is 122 Å². The van der Waals surface area contributed by atoms with Crippen LogP contribution in [0.3, 0.4) is 0 Å². The van der Waals surface area contributed by atoms with Gasteiger partial charge in [0, 0.05) is 17.7 Å². The molecule has 0 aliphatic rings. The standard InChI is InChI=1S/C13H11FN4O2S/c14-7-2-1-3-8-10(7)11(15)12(21-8)13(19)16-5-4-9-17-6-20-18-9/h1-3,6H,4-5,15H2,(H,16,19). The molecule has 0 radical (unpaired) electrons. The van der Waals surface area contributed by atoms with Crippen LogP contribution in [0.4, 0.5) is 10.1 Å². The zero-order valence-electron chi connectivity index (χ0n) is 10.8. The summed E-state index contributed by atoms with van der Waals surface area (Å²) in [6, 6.07) is 4.64. The quantitative estimate of drug-likeness (QED) is 0.768. The second-order valence-corrected chi connectivity index (χ2v) is 5.36. The molecule has 0 spiro atoms. The Morgan fingerprint density at radius 2 is 2.33 bits per heavy atom. The fourth-order valence-electron chi connectivity index (χ4n) is 1.97. The smallest absolute Gasteiger partial charge is 0.263 e. The topological polar surface area (TPSA) is 94.0 Å². The van der Waals surface area contributed by atoms with Crippen molar-refractivity contribution in [3.8, 4) is 0 Å². The van der Waals surface area contributed by atoms with Gasteiger partial charge in [0.25, 0.3) is 5.91 Å². The lowest BCUT2D eigenvalue weighted by Crippen LogP contribution is -2.25. The minimum Gasteiger partial charge on any atom is -0.397 e. The van der Waals surface area contributed by atoms with Crippen LogP contribution in [0.15, 0.2) is 29.1 Å². The van der Waals surface area contributed by atoms with Gasteiger partial charge in [-0.15, -0.1) is 11.3 Å². The van der Waals surface area contributed by atoms with Crippen LogP contribution < -0.4 is 11.1 Å². The van der Waals surface area contributed by atoms with Crippen molar-refractivity contribution < 1.29 is 13.7 Å². The summed E-state index contributed by atoms with van der Waals surface area (Å²) in [5.41, 5.74) is 6.05. The van der Waals surface area contributed by atoms with Gasteiger partial charge in [0.15, 0.2) is 5.82 Å². The summed E-state index contributed by atoms with van der Waals surface area (Å²) in [5, 5.41) is 6.64. The number of nitrogens with one attached hydrogen (secondary N) is 1. The molecule has 0 aliphatic carbocycles. The van der Waals surface area contributed by atoms with Crippen LogP contribution in [0.5, 0.6) is 0 Å². The molecule has 0 bridgehead atoms. The van der Waals surface area contributed by atoms with Gasteiger partial charge < -0.3 is 15.6 Å². The summed E-state index contributed by atoms with van der Waals surface area (Å²) < 4.78 is 19.0. The lowest BCUT2D eigenvalue weighted by Gasteiger charge is -2.02. The molecular weight excluding hydrogens is 295 g/mol. The number of fused-ring (bicyclic) bond motifs is 1. The third-order valence-corrected chi connectivity index (χ3v) is 4.12. The number of aromatic nitrogens is 2. The third-order valence-electron chi connectivity index (χ3n) is 2.95. The molecule has 3 rings (SSSR count). The predicted molar refractivity (Wildman–Crippen MR) is 76.5 cm³/mol. The van der Waals surface area contributed by atoms with Gasteiger partial charge in [-0.05, 0) is 12.1 Å². The van der Waals surface area contributed by atoms with Crippen molar-refractivity contribution in [2.45, 2.75) is 6.42 Å². The summed E-state index contributed by atoms with van der Waals surface area (Å²) in [7, 11) is 0. The van der Waals surface area contributed by atoms with Crippen LogP contribution in [0.2, 0.25) is 0 Å². The first-order chi connectivity index (χ1) is 10.2. The van der Waals surface area contributed by atoms with Crippen molar-refractivity contribution in [1.82, 2.24) is 15.5 Å². The molecule has 0 fully saturated rings. The van der Waals surface area contributed by atoms with E-state index in [1.807, 2.05) is 0 Å². The number of benzene rings is 1. The van der Waals surface area contributed by atoms with Gasteiger partial charge in [0.2, 0.25) is 6.39 Å². The van der Waals surface area contributed by atoms with Crippen molar-refractivity contribution in [2.75, 3.05) is 12.3 Å². The lowest BCUT2D eigenvalue weighted by molar-refractivity contribution is 0.0959. The van der Waals surface area contributed by atoms with Gasteiger partial charge in [0.05, 0.1) is 11.1 Å². The van der Waals surface area contributed by atoms with Crippen LogP contribution >= 0.6 is 11.3 Å². The average molecular weight is 306 g/mol. The largest absolute Gasteiger partial charge is 0.397 e. The number of halogens is 1. The van der Waals surface area contributed by atoms with Crippen molar-refractivity contribution in [3.05, 3.63) is 41.1 Å². The number of anilines is 1. The Morgan fingerprint density at radius 3 is 3.05 bits per heavy atom. The molecule has 0 aliphatic heterocycles. The molecule has 0 saturated carbocycles. The first-order valence-corrected chi connectivity index (χ1v) is 6.98. The predicted octanol–water partition coefficient (Wildman–Crippen LogP) is 1.98. The fraction of sp³-hybridized carbons (Fsp3) is 0.154. The van der Waals surface area contributed by atoms with E-state index in [0.29, 0.717) is 33.8 Å². The third kappa shape index (κ3) is 2.57. The maximum atomic E-state index is 13.7. The second-order valence-electron chi connectivity index (χ2n) is 4.31. The number of nitrogens with zero attached hydrogens (tertiary/aromatic N) is 2. The highest BCUT2D eigenvalue weighted by Gasteiger charge is 2.18. The SMILES string of the molecule is Nc1c(C(=O)NCCc2ncon2)sc2cccc(F)c12. The number of amides is 1. The Bertz CT molecular complexity index is 785. The average Bonchev–Trinajstić information content (AvgIpc) is 3.08. The van der Waals surface area contributed by atoms with E-state index in [-0.39, 0.29) is 11.6 Å². The summed E-state index contributed by atoms with van der Waals surface area (Å²) >= 11 is 1.17. The van der Waals surface area contributed by atoms with Crippen LogP contribution in [0, 0.1) is 5.82 Å². The maximum Gasteiger partial charge on any atom is 0.263 e. The molecule has 1 aromatic carbocycles. The van der Waals surface area contributed by atoms with Crippen LogP contribution in [0.25, 0.3) is 10.1 Å². The van der Waals surface area contributed by atoms with Crippen LogP contribution in [-0.4, -0.2) is 22.6 Å². The Kier molecular flexibility index (Phi) is 3.53. The second kappa shape index (κ2) is 5.49. The van der Waals surface area contributed by atoms with Crippen molar-refractivity contribution in [1.29, 1.82) is 0 Å². The molecule has 8 heteroatoms. The molecule has 1 amide bonds. The fourth-order valence-corrected chi connectivity index (χ4v) is 3.02. The van der Waals surface area contributed by atoms with Gasteiger partial charge in [-0.25, -0.2) is 4.39 Å². The van der Waals surface area contributed by atoms with E-state index in [4.69, 9.17) is 5.73 Å². The molecular formula is C13H11FN4O2S. The first kappa shape index (κ1) is 13.5. The highest BCUT2D eigenvalue weighted by atomic mass is 32.1. The van der Waals surface area contributed by atoms with Gasteiger partial charge in [-0.3, -0.25) is 4.79 Å². The zero-order valence-corrected chi connectivity index (χ0v) is 11.6. The van der Waals surface area contributed by atoms with E-state index in [0.717, 1.165) is 0 Å². The Hall–Kier alpha value is -2.48. The summed E-state index contributed by atoms with van der Waals surface area (Å²) in [5.74, 6) is -0.255. The number of nitrogen functional groups attached to an aromatic ring is 1.